The van der Waals surface area contributed by atoms with E-state index in [4.69, 9.17) is 23.7 Å². The second-order valence-electron chi connectivity index (χ2n) is 16.0. The van der Waals surface area contributed by atoms with Crippen molar-refractivity contribution in [1.82, 2.24) is 25.6 Å². The summed E-state index contributed by atoms with van der Waals surface area (Å²) in [5.41, 5.74) is 1.63. The van der Waals surface area contributed by atoms with E-state index in [1.54, 1.807) is 53.9 Å². The number of carbonyl (C=O) groups is 4. The van der Waals surface area contributed by atoms with Gasteiger partial charge in [0.1, 0.15) is 24.2 Å². The predicted molar refractivity (Wildman–Crippen MR) is 199 cm³/mol. The lowest BCUT2D eigenvalue weighted by Crippen LogP contribution is -2.63. The van der Waals surface area contributed by atoms with Crippen molar-refractivity contribution in [3.63, 3.8) is 0 Å². The number of aliphatic hydroxyl groups is 1. The van der Waals surface area contributed by atoms with Gasteiger partial charge in [-0.3, -0.25) is 19.4 Å². The van der Waals surface area contributed by atoms with Crippen LogP contribution in [0.3, 0.4) is 0 Å². The number of ether oxygens (including phenoxy) is 5. The van der Waals surface area contributed by atoms with E-state index in [0.717, 1.165) is 12.0 Å². The van der Waals surface area contributed by atoms with E-state index in [1.807, 2.05) is 38.1 Å². The number of amides is 2. The van der Waals surface area contributed by atoms with E-state index in [1.165, 1.54) is 19.0 Å². The van der Waals surface area contributed by atoms with Gasteiger partial charge in [0.25, 0.3) is 0 Å². The van der Waals surface area contributed by atoms with E-state index in [0.29, 0.717) is 19.4 Å². The van der Waals surface area contributed by atoms with Gasteiger partial charge in [0.15, 0.2) is 17.7 Å². The Morgan fingerprint density at radius 1 is 1.09 bits per heavy atom. The number of aryl methyl sites for hydroxylation is 1. The van der Waals surface area contributed by atoms with Crippen LogP contribution in [0.2, 0.25) is 0 Å². The number of ketones is 1. The van der Waals surface area contributed by atoms with Crippen LogP contribution in [0.1, 0.15) is 86.6 Å². The second-order valence-corrected chi connectivity index (χ2v) is 16.0. The van der Waals surface area contributed by atoms with Crippen molar-refractivity contribution in [1.29, 1.82) is 0 Å². The third-order valence-electron chi connectivity index (χ3n) is 11.6. The number of cyclic esters (lactones) is 1. The van der Waals surface area contributed by atoms with Gasteiger partial charge in [-0.15, -0.1) is 0 Å². The summed E-state index contributed by atoms with van der Waals surface area (Å²) in [5, 5.41) is 15.9. The number of hydrogen-bond donors (Lipinski definition) is 3. The molecule has 1 aromatic heterocycles. The molecule has 1 aromatic rings. The Balaban J connectivity index is 1.69. The van der Waals surface area contributed by atoms with Crippen molar-refractivity contribution in [3.8, 4) is 0 Å². The molecule has 3 aliphatic rings. The first-order valence-corrected chi connectivity index (χ1v) is 19.3. The maximum Gasteiger partial charge on any atom is 0.425 e. The highest BCUT2D eigenvalue weighted by atomic mass is 16.7. The number of Topliss-reactive ketones (excluding diaryl/α,β-unsaturated/α-hetero) is 1. The third kappa shape index (κ3) is 9.42. The first-order valence-electron chi connectivity index (χ1n) is 19.3. The minimum Gasteiger partial charge on any atom is -0.457 e. The molecule has 15 heteroatoms. The quantitative estimate of drug-likeness (QED) is 0.180. The second kappa shape index (κ2) is 18.2. The van der Waals surface area contributed by atoms with Crippen LogP contribution in [0.4, 0.5) is 4.79 Å². The van der Waals surface area contributed by atoms with E-state index in [9.17, 15) is 24.3 Å². The lowest BCUT2D eigenvalue weighted by Gasteiger charge is -2.46. The molecule has 3 N–H and O–H groups in total. The van der Waals surface area contributed by atoms with Crippen molar-refractivity contribution in [2.45, 2.75) is 148 Å². The van der Waals surface area contributed by atoms with Crippen LogP contribution < -0.4 is 10.7 Å². The van der Waals surface area contributed by atoms with Gasteiger partial charge in [0, 0.05) is 43.9 Å². The molecule has 0 saturated carbocycles. The minimum atomic E-state index is -1.41. The van der Waals surface area contributed by atoms with E-state index >= 15 is 0 Å². The Bertz CT molecular complexity index is 1450. The van der Waals surface area contributed by atoms with E-state index < -0.39 is 83.5 Å². The van der Waals surface area contributed by atoms with Gasteiger partial charge in [0.2, 0.25) is 5.91 Å². The third-order valence-corrected chi connectivity index (χ3v) is 11.6. The zero-order valence-electron chi connectivity index (χ0n) is 33.9. The fraction of sp³-hybridized carbons (Fsp3) is 0.769. The summed E-state index contributed by atoms with van der Waals surface area (Å²) in [6, 6.07) is 2.09. The topological polar surface area (TPSA) is 178 Å². The van der Waals surface area contributed by atoms with Gasteiger partial charge >= 0.3 is 12.1 Å². The van der Waals surface area contributed by atoms with Crippen LogP contribution in [-0.4, -0.2) is 132 Å². The highest BCUT2D eigenvalue weighted by molar-refractivity contribution is 6.00. The molecule has 0 radical (unpaired) electrons. The molecule has 0 aromatic carbocycles. The van der Waals surface area contributed by atoms with Crippen molar-refractivity contribution in [2.24, 2.45) is 17.8 Å². The summed E-state index contributed by atoms with van der Waals surface area (Å²) in [6.07, 6.45) is 0.695. The number of carbonyl (C=O) groups excluding carboxylic acids is 4. The molecule has 3 fully saturated rings. The average molecular weight is 762 g/mol. The number of esters is 1. The fourth-order valence-corrected chi connectivity index (χ4v) is 8.41. The first kappa shape index (κ1) is 43.5. The molecule has 4 rings (SSSR count). The minimum absolute atomic E-state index is 0.102. The molecule has 0 bridgehead atoms. The molecule has 2 amide bonds. The molecule has 3 aliphatic heterocycles. The SMILES string of the molecule is CC[C@H]1OC(=O)[C@H](C)C(=O)[C@H](C)[C@@H](O[C@@H]2O[C@H](C)C[C@H](N(C)C)[C@H]2O)[C@@](C)(OC)C[C@@H](C)C(=O)NC(C)[C@H]2N(NCCCc3ccncc3)C(=O)O[C@]12C. The molecule has 4 heterocycles. The van der Waals surface area contributed by atoms with Crippen molar-refractivity contribution >= 4 is 23.8 Å². The van der Waals surface area contributed by atoms with Crippen molar-refractivity contribution in [3.05, 3.63) is 30.1 Å². The van der Waals surface area contributed by atoms with Gasteiger partial charge in [-0.2, -0.15) is 0 Å². The Morgan fingerprint density at radius 2 is 1.76 bits per heavy atom. The summed E-state index contributed by atoms with van der Waals surface area (Å²) in [4.78, 5) is 61.8. The predicted octanol–water partition coefficient (Wildman–Crippen LogP) is 3.02. The number of nitrogens with zero attached hydrogens (tertiary/aromatic N) is 3. The monoisotopic (exact) mass is 761 g/mol. The van der Waals surface area contributed by atoms with Gasteiger partial charge < -0.3 is 39.0 Å². The number of nitrogens with one attached hydrogen (secondary N) is 2. The molecule has 3 saturated heterocycles. The summed E-state index contributed by atoms with van der Waals surface area (Å²) in [5.74, 6) is -4.48. The van der Waals surface area contributed by atoms with Crippen LogP contribution in [0.15, 0.2) is 24.5 Å². The molecular formula is C39H63N5O10. The Morgan fingerprint density at radius 3 is 2.37 bits per heavy atom. The number of aliphatic hydroxyl groups excluding tert-OH is 1. The first-order chi connectivity index (χ1) is 25.4. The molecule has 13 atom stereocenters. The summed E-state index contributed by atoms with van der Waals surface area (Å²) < 4.78 is 30.9. The summed E-state index contributed by atoms with van der Waals surface area (Å²) >= 11 is 0. The molecule has 0 spiro atoms. The Labute approximate surface area is 320 Å². The number of likely N-dealkylation sites (N-methyl/N-ethyl adjacent to an activating group) is 1. The number of fused-ring (bicyclic) bond motifs is 1. The molecular weight excluding hydrogens is 698 g/mol. The molecule has 304 valence electrons. The Hall–Kier alpha value is -3.21. The molecule has 0 aliphatic carbocycles. The van der Waals surface area contributed by atoms with Crippen LogP contribution in [0.25, 0.3) is 0 Å². The zero-order chi connectivity index (χ0) is 40.1. The lowest BCUT2D eigenvalue weighted by atomic mass is 9.78. The normalized spacial score (nSPS) is 38.6. The fourth-order valence-electron chi connectivity index (χ4n) is 8.41. The van der Waals surface area contributed by atoms with Gasteiger partial charge in [-0.05, 0) is 98.5 Å². The number of pyridine rings is 1. The van der Waals surface area contributed by atoms with Crippen LogP contribution in [0.5, 0.6) is 0 Å². The van der Waals surface area contributed by atoms with Crippen molar-refractivity contribution < 1.29 is 48.0 Å². The summed E-state index contributed by atoms with van der Waals surface area (Å²) in [7, 11) is 5.21. The highest BCUT2D eigenvalue weighted by Gasteiger charge is 2.59. The Kier molecular flexibility index (Phi) is 14.6. The number of hydrazine groups is 1. The highest BCUT2D eigenvalue weighted by Crippen LogP contribution is 2.39. The average Bonchev–Trinajstić information content (AvgIpc) is 3.40. The van der Waals surface area contributed by atoms with Crippen LogP contribution >= 0.6 is 0 Å². The molecule has 54 heavy (non-hydrogen) atoms. The summed E-state index contributed by atoms with van der Waals surface area (Å²) in [6.45, 7) is 14.2. The van der Waals surface area contributed by atoms with E-state index in [2.05, 4.69) is 15.7 Å². The molecule has 15 nitrogen and oxygen atoms in total. The van der Waals surface area contributed by atoms with E-state index in [-0.39, 0.29) is 30.9 Å². The van der Waals surface area contributed by atoms with Gasteiger partial charge in [0.05, 0.1) is 23.9 Å². The van der Waals surface area contributed by atoms with Gasteiger partial charge in [-0.25, -0.2) is 15.2 Å². The number of hydrogen-bond acceptors (Lipinski definition) is 13. The smallest absolute Gasteiger partial charge is 0.425 e. The standard InChI is InChI=1S/C39H63N5O10/c1-12-29-39(8)32(44(37(49)54-39)41-17-13-14-27-15-18-40-19-16-27)26(6)42-34(47)22(2)21-38(7,50-11)33(24(4)30(45)25(5)35(48)52-29)53-36-31(46)28(43(9)10)20-23(3)51-36/h15-16,18-19,22-26,28-29,31-33,36,41,46H,12-14,17,20-21H2,1-11H3,(H,42,47)/t22-,23-,24+,25-,26?,28+,29-,31-,32-,33-,36+,38+,39-/m1/s1. The number of rotatable bonds is 10. The zero-order valence-corrected chi connectivity index (χ0v) is 33.9. The van der Waals surface area contributed by atoms with Gasteiger partial charge in [-0.1, -0.05) is 20.8 Å². The van der Waals surface area contributed by atoms with Crippen molar-refractivity contribution in [2.75, 3.05) is 27.7 Å². The maximum atomic E-state index is 14.3. The molecule has 1 unspecified atom stereocenters. The number of aromatic nitrogens is 1. The van der Waals surface area contributed by atoms with Crippen LogP contribution in [0, 0.1) is 17.8 Å². The lowest BCUT2D eigenvalue weighted by molar-refractivity contribution is -0.295. The number of methoxy groups -OCH3 is 1. The van der Waals surface area contributed by atoms with Crippen LogP contribution in [-0.2, 0) is 44.5 Å². The maximum absolute atomic E-state index is 14.3. The largest absolute Gasteiger partial charge is 0.457 e.